The zero-order chi connectivity index (χ0) is 15.7. The molecule has 0 heterocycles. The standard InChI is InChI=1S/C11H11F2NO5S/c1-14(2)8(15)5-20(18,19)7-4-3-6(12)9(10(7)13)11(16)17/h3-4H,5H2,1-2H3,(H,16,17). The van der Waals surface area contributed by atoms with Gasteiger partial charge in [0, 0.05) is 14.1 Å². The minimum absolute atomic E-state index is 0.527. The van der Waals surface area contributed by atoms with E-state index in [1.165, 1.54) is 14.1 Å². The van der Waals surface area contributed by atoms with Crippen molar-refractivity contribution in [1.82, 2.24) is 4.90 Å². The van der Waals surface area contributed by atoms with Crippen molar-refractivity contribution in [3.8, 4) is 0 Å². The number of carboxylic acids is 1. The Balaban J connectivity index is 3.37. The predicted molar refractivity (Wildman–Crippen MR) is 64.1 cm³/mol. The molecule has 1 aromatic rings. The van der Waals surface area contributed by atoms with Crippen LogP contribution in [0.2, 0.25) is 0 Å². The van der Waals surface area contributed by atoms with Gasteiger partial charge in [-0.3, -0.25) is 4.79 Å². The van der Waals surface area contributed by atoms with E-state index in [-0.39, 0.29) is 0 Å². The van der Waals surface area contributed by atoms with Gasteiger partial charge in [-0.2, -0.15) is 0 Å². The fraction of sp³-hybridized carbons (Fsp3) is 0.273. The summed E-state index contributed by atoms with van der Waals surface area (Å²) in [4.78, 5) is 22.0. The molecular formula is C11H11F2NO5S. The Hall–Kier alpha value is -2.03. The Labute approximate surface area is 113 Å². The molecule has 9 heteroatoms. The Morgan fingerprint density at radius 3 is 2.25 bits per heavy atom. The first-order chi connectivity index (χ1) is 9.08. The summed E-state index contributed by atoms with van der Waals surface area (Å²) in [6.45, 7) is 0. The first kappa shape index (κ1) is 16.0. The number of carbonyl (C=O) groups excluding carboxylic acids is 1. The zero-order valence-corrected chi connectivity index (χ0v) is 11.4. The highest BCUT2D eigenvalue weighted by molar-refractivity contribution is 7.92. The summed E-state index contributed by atoms with van der Waals surface area (Å²) in [6, 6.07) is 1.12. The number of rotatable bonds is 4. The Kier molecular flexibility index (Phi) is 4.43. The lowest BCUT2D eigenvalue weighted by molar-refractivity contribution is -0.125. The van der Waals surface area contributed by atoms with Gasteiger partial charge in [0.2, 0.25) is 5.91 Å². The fourth-order valence-electron chi connectivity index (χ4n) is 1.34. The molecule has 0 fully saturated rings. The van der Waals surface area contributed by atoms with Gasteiger partial charge in [-0.05, 0) is 12.1 Å². The number of carboxylic acid groups (broad SMARTS) is 1. The molecule has 0 radical (unpaired) electrons. The van der Waals surface area contributed by atoms with E-state index >= 15 is 0 Å². The number of sulfone groups is 1. The van der Waals surface area contributed by atoms with Crippen molar-refractivity contribution in [2.75, 3.05) is 19.8 Å². The summed E-state index contributed by atoms with van der Waals surface area (Å²) in [5.74, 6) is -6.90. The van der Waals surface area contributed by atoms with Gasteiger partial charge in [0.25, 0.3) is 0 Å². The average Bonchev–Trinajstić information content (AvgIpc) is 2.26. The van der Waals surface area contributed by atoms with Crippen LogP contribution in [0.1, 0.15) is 10.4 Å². The number of benzene rings is 1. The Morgan fingerprint density at radius 2 is 1.80 bits per heavy atom. The molecule has 0 aliphatic carbocycles. The van der Waals surface area contributed by atoms with Gasteiger partial charge in [-0.15, -0.1) is 0 Å². The number of halogens is 2. The van der Waals surface area contributed by atoms with E-state index in [9.17, 15) is 26.8 Å². The molecule has 1 amide bonds. The summed E-state index contributed by atoms with van der Waals surface area (Å²) in [5, 5.41) is 8.66. The third-order valence-corrected chi connectivity index (χ3v) is 4.03. The summed E-state index contributed by atoms with van der Waals surface area (Å²) in [6.07, 6.45) is 0. The molecule has 0 aliphatic rings. The molecule has 0 atom stereocenters. The largest absolute Gasteiger partial charge is 0.477 e. The summed E-state index contributed by atoms with van der Waals surface area (Å²) in [5.41, 5.74) is -1.37. The number of aromatic carboxylic acids is 1. The van der Waals surface area contributed by atoms with Crippen molar-refractivity contribution in [2.45, 2.75) is 4.90 Å². The first-order valence-electron chi connectivity index (χ1n) is 5.22. The Morgan fingerprint density at radius 1 is 1.25 bits per heavy atom. The van der Waals surface area contributed by atoms with Gasteiger partial charge in [-0.25, -0.2) is 22.0 Å². The number of carbonyl (C=O) groups is 2. The SMILES string of the molecule is CN(C)C(=O)CS(=O)(=O)c1ccc(F)c(C(=O)O)c1F. The second-order valence-electron chi connectivity index (χ2n) is 4.09. The zero-order valence-electron chi connectivity index (χ0n) is 10.6. The molecule has 0 bridgehead atoms. The molecule has 0 unspecified atom stereocenters. The molecule has 0 aliphatic heterocycles. The molecule has 0 aromatic heterocycles. The monoisotopic (exact) mass is 307 g/mol. The molecule has 1 aromatic carbocycles. The molecule has 1 N–H and O–H groups in total. The van der Waals surface area contributed by atoms with Crippen molar-refractivity contribution in [3.05, 3.63) is 29.3 Å². The highest BCUT2D eigenvalue weighted by atomic mass is 32.2. The number of hydrogen-bond acceptors (Lipinski definition) is 4. The van der Waals surface area contributed by atoms with Gasteiger partial charge in [0.15, 0.2) is 15.7 Å². The van der Waals surface area contributed by atoms with Gasteiger partial charge in [0.05, 0.1) is 0 Å². The minimum Gasteiger partial charge on any atom is -0.477 e. The van der Waals surface area contributed by atoms with Crippen molar-refractivity contribution in [2.24, 2.45) is 0 Å². The minimum atomic E-state index is -4.40. The van der Waals surface area contributed by atoms with E-state index in [1.807, 2.05) is 0 Å². The maximum atomic E-state index is 13.8. The van der Waals surface area contributed by atoms with Crippen LogP contribution in [0, 0.1) is 11.6 Å². The van der Waals surface area contributed by atoms with E-state index in [4.69, 9.17) is 5.11 Å². The summed E-state index contributed by atoms with van der Waals surface area (Å²) >= 11 is 0. The normalized spacial score (nSPS) is 11.2. The van der Waals surface area contributed by atoms with Crippen LogP contribution in [0.3, 0.4) is 0 Å². The molecule has 6 nitrogen and oxygen atoms in total. The number of amides is 1. The first-order valence-corrected chi connectivity index (χ1v) is 6.87. The number of nitrogens with zero attached hydrogens (tertiary/aromatic N) is 1. The third kappa shape index (κ3) is 3.10. The molecule has 20 heavy (non-hydrogen) atoms. The fourth-order valence-corrected chi connectivity index (χ4v) is 2.73. The highest BCUT2D eigenvalue weighted by Crippen LogP contribution is 2.22. The quantitative estimate of drug-likeness (QED) is 0.819. The lowest BCUT2D eigenvalue weighted by Crippen LogP contribution is -2.29. The summed E-state index contributed by atoms with van der Waals surface area (Å²) in [7, 11) is -1.79. The van der Waals surface area contributed by atoms with Crippen LogP contribution in [0.4, 0.5) is 8.78 Å². The van der Waals surface area contributed by atoms with Gasteiger partial charge in [0.1, 0.15) is 22.0 Å². The van der Waals surface area contributed by atoms with Crippen LogP contribution in [-0.4, -0.2) is 50.1 Å². The van der Waals surface area contributed by atoms with Crippen molar-refractivity contribution in [1.29, 1.82) is 0 Å². The molecule has 0 spiro atoms. The van der Waals surface area contributed by atoms with Gasteiger partial charge >= 0.3 is 5.97 Å². The van der Waals surface area contributed by atoms with Crippen molar-refractivity contribution in [3.63, 3.8) is 0 Å². The average molecular weight is 307 g/mol. The van der Waals surface area contributed by atoms with Crippen LogP contribution in [0.5, 0.6) is 0 Å². The maximum Gasteiger partial charge on any atom is 0.341 e. The topological polar surface area (TPSA) is 91.8 Å². The van der Waals surface area contributed by atoms with E-state index in [0.717, 1.165) is 4.90 Å². The second-order valence-corrected chi connectivity index (χ2v) is 6.04. The van der Waals surface area contributed by atoms with E-state index in [0.29, 0.717) is 12.1 Å². The van der Waals surface area contributed by atoms with Crippen LogP contribution in [0.25, 0.3) is 0 Å². The number of hydrogen-bond donors (Lipinski definition) is 1. The Bertz CT molecular complexity index is 670. The van der Waals surface area contributed by atoms with Crippen LogP contribution < -0.4 is 0 Å². The summed E-state index contributed by atoms with van der Waals surface area (Å²) < 4.78 is 50.7. The predicted octanol–water partition coefficient (Wildman–Crippen LogP) is 0.525. The lowest BCUT2D eigenvalue weighted by atomic mass is 10.2. The third-order valence-electron chi connectivity index (χ3n) is 2.42. The van der Waals surface area contributed by atoms with Gasteiger partial charge < -0.3 is 10.0 Å². The van der Waals surface area contributed by atoms with Crippen LogP contribution >= 0.6 is 0 Å². The second kappa shape index (κ2) is 5.53. The van der Waals surface area contributed by atoms with E-state index in [1.54, 1.807) is 0 Å². The van der Waals surface area contributed by atoms with Crippen LogP contribution in [0.15, 0.2) is 17.0 Å². The molecule has 1 rings (SSSR count). The molecule has 110 valence electrons. The molecular weight excluding hydrogens is 296 g/mol. The van der Waals surface area contributed by atoms with E-state index < -0.39 is 49.6 Å². The molecule has 0 saturated heterocycles. The van der Waals surface area contributed by atoms with Gasteiger partial charge in [-0.1, -0.05) is 0 Å². The lowest BCUT2D eigenvalue weighted by Gasteiger charge is -2.11. The maximum absolute atomic E-state index is 13.8. The van der Waals surface area contributed by atoms with Crippen molar-refractivity contribution >= 4 is 21.7 Å². The van der Waals surface area contributed by atoms with Crippen molar-refractivity contribution < 1.29 is 31.9 Å². The highest BCUT2D eigenvalue weighted by Gasteiger charge is 2.29. The molecule has 0 saturated carbocycles. The smallest absolute Gasteiger partial charge is 0.341 e. The van der Waals surface area contributed by atoms with Crippen LogP contribution in [-0.2, 0) is 14.6 Å². The van der Waals surface area contributed by atoms with E-state index in [2.05, 4.69) is 0 Å².